The van der Waals surface area contributed by atoms with Gasteiger partial charge in [-0.05, 0) is 24.1 Å². The first-order valence-electron chi connectivity index (χ1n) is 10.5. The Labute approximate surface area is 179 Å². The van der Waals surface area contributed by atoms with Crippen LogP contribution in [-0.4, -0.2) is 78.1 Å². The Kier molecular flexibility index (Phi) is 6.10. The summed E-state index contributed by atoms with van der Waals surface area (Å²) in [6.45, 7) is 3.97. The molecule has 0 radical (unpaired) electrons. The minimum Gasteiger partial charge on any atom is -0.355 e. The van der Waals surface area contributed by atoms with Crippen LogP contribution in [-0.2, 0) is 20.9 Å². The molecular formula is C21H25N5O5. The Balaban J connectivity index is 1.49. The second kappa shape index (κ2) is 8.94. The highest BCUT2D eigenvalue weighted by Crippen LogP contribution is 2.28. The largest absolute Gasteiger partial charge is 0.355 e. The number of hydrogen-bond acceptors (Lipinski definition) is 7. The fourth-order valence-electron chi connectivity index (χ4n) is 4.15. The Morgan fingerprint density at radius 3 is 2.48 bits per heavy atom. The Hall–Kier alpha value is -3.11. The molecule has 2 saturated heterocycles. The Bertz CT molecular complexity index is 946. The monoisotopic (exact) mass is 427 g/mol. The smallest absolute Gasteiger partial charge is 0.262 e. The maximum Gasteiger partial charge on any atom is 0.262 e. The molecule has 3 N–H and O–H groups in total. The summed E-state index contributed by atoms with van der Waals surface area (Å²) in [4.78, 5) is 64.3. The van der Waals surface area contributed by atoms with Gasteiger partial charge in [-0.2, -0.15) is 0 Å². The lowest BCUT2D eigenvalue weighted by atomic mass is 10.0. The van der Waals surface area contributed by atoms with Gasteiger partial charge in [-0.1, -0.05) is 6.07 Å². The van der Waals surface area contributed by atoms with Crippen molar-refractivity contribution >= 4 is 29.5 Å². The third-order valence-electron chi connectivity index (χ3n) is 5.79. The van der Waals surface area contributed by atoms with Crippen LogP contribution in [0.2, 0.25) is 0 Å². The molecule has 164 valence electrons. The van der Waals surface area contributed by atoms with Crippen LogP contribution in [0, 0.1) is 0 Å². The lowest BCUT2D eigenvalue weighted by Crippen LogP contribution is -2.54. The van der Waals surface area contributed by atoms with Gasteiger partial charge in [-0.25, -0.2) is 0 Å². The molecule has 0 saturated carbocycles. The van der Waals surface area contributed by atoms with E-state index in [1.54, 1.807) is 18.2 Å². The van der Waals surface area contributed by atoms with Crippen molar-refractivity contribution in [3.05, 3.63) is 34.9 Å². The zero-order valence-corrected chi connectivity index (χ0v) is 17.1. The summed E-state index contributed by atoms with van der Waals surface area (Å²) in [5.74, 6) is -2.05. The number of nitrogens with one attached hydrogen (secondary N) is 3. The van der Waals surface area contributed by atoms with E-state index in [1.807, 2.05) is 0 Å². The predicted molar refractivity (Wildman–Crippen MR) is 109 cm³/mol. The van der Waals surface area contributed by atoms with Crippen molar-refractivity contribution in [2.24, 2.45) is 0 Å². The van der Waals surface area contributed by atoms with E-state index in [2.05, 4.69) is 20.9 Å². The topological polar surface area (TPSA) is 128 Å². The van der Waals surface area contributed by atoms with E-state index in [4.69, 9.17) is 0 Å². The van der Waals surface area contributed by atoms with Crippen molar-refractivity contribution in [1.29, 1.82) is 0 Å². The van der Waals surface area contributed by atoms with Gasteiger partial charge in [0.05, 0.1) is 11.1 Å². The van der Waals surface area contributed by atoms with Gasteiger partial charge in [-0.15, -0.1) is 0 Å². The third kappa shape index (κ3) is 4.49. The number of carbonyl (C=O) groups is 5. The zero-order valence-electron chi connectivity index (χ0n) is 17.1. The number of amides is 5. The first-order chi connectivity index (χ1) is 14.9. The maximum absolute atomic E-state index is 13.0. The van der Waals surface area contributed by atoms with Crippen molar-refractivity contribution < 1.29 is 24.0 Å². The van der Waals surface area contributed by atoms with Gasteiger partial charge in [0.1, 0.15) is 6.04 Å². The lowest BCUT2D eigenvalue weighted by Gasteiger charge is -2.27. The molecule has 1 atom stereocenters. The summed E-state index contributed by atoms with van der Waals surface area (Å²) >= 11 is 0. The number of imide groups is 2. The number of carbonyl (C=O) groups excluding carboxylic acids is 5. The molecule has 5 amide bonds. The van der Waals surface area contributed by atoms with Crippen LogP contribution in [0.1, 0.15) is 45.5 Å². The predicted octanol–water partition coefficient (Wildman–Crippen LogP) is -1.00. The highest BCUT2D eigenvalue weighted by atomic mass is 16.2. The molecule has 10 heteroatoms. The Morgan fingerprint density at radius 1 is 0.871 bits per heavy atom. The number of fused-ring (bicyclic) bond motifs is 1. The van der Waals surface area contributed by atoms with Gasteiger partial charge in [0, 0.05) is 52.1 Å². The standard InChI is InChI=1S/C21H25N5O5/c27-17-5-9-25(10-8-22-6-7-23-17)12-13-1-2-14-15(11-13)21(31)26(20(14)30)16-3-4-18(28)24-19(16)29/h1-2,11,16,22H,3-10,12H2,(H,23,27)(H,24,28,29). The molecule has 1 unspecified atom stereocenters. The molecule has 31 heavy (non-hydrogen) atoms. The van der Waals surface area contributed by atoms with E-state index in [9.17, 15) is 24.0 Å². The van der Waals surface area contributed by atoms with Gasteiger partial charge in [0.2, 0.25) is 17.7 Å². The number of nitrogens with zero attached hydrogens (tertiary/aromatic N) is 2. The van der Waals surface area contributed by atoms with E-state index < -0.39 is 29.7 Å². The van der Waals surface area contributed by atoms with E-state index in [-0.39, 0.29) is 29.9 Å². The quantitative estimate of drug-likeness (QED) is 0.528. The van der Waals surface area contributed by atoms with Gasteiger partial charge in [0.15, 0.2) is 0 Å². The molecule has 1 aromatic rings. The molecule has 3 aliphatic heterocycles. The van der Waals surface area contributed by atoms with Crippen LogP contribution in [0.5, 0.6) is 0 Å². The molecule has 3 aliphatic rings. The fraction of sp³-hybridized carbons (Fsp3) is 0.476. The summed E-state index contributed by atoms with van der Waals surface area (Å²) in [5.41, 5.74) is 1.38. The molecule has 0 spiro atoms. The van der Waals surface area contributed by atoms with Crippen molar-refractivity contribution in [3.63, 3.8) is 0 Å². The molecule has 10 nitrogen and oxygen atoms in total. The minimum absolute atomic E-state index is 0.00306. The molecule has 4 rings (SSSR count). The SMILES string of the molecule is O=C1CCN(Cc2ccc3c(c2)C(=O)N(C2CCC(=O)NC2=O)C3=O)CCNCCN1. The average molecular weight is 427 g/mol. The van der Waals surface area contributed by atoms with Crippen LogP contribution in [0.3, 0.4) is 0 Å². The average Bonchev–Trinajstić information content (AvgIpc) is 2.98. The van der Waals surface area contributed by atoms with Crippen molar-refractivity contribution in [2.45, 2.75) is 31.8 Å². The van der Waals surface area contributed by atoms with Gasteiger partial charge in [-0.3, -0.25) is 39.1 Å². The first kappa shape index (κ1) is 21.1. The van der Waals surface area contributed by atoms with Gasteiger partial charge < -0.3 is 10.6 Å². The molecule has 1 aromatic carbocycles. The van der Waals surface area contributed by atoms with Crippen LogP contribution in [0.25, 0.3) is 0 Å². The summed E-state index contributed by atoms with van der Waals surface area (Å²) in [6.07, 6.45) is 0.614. The Morgan fingerprint density at radius 2 is 1.68 bits per heavy atom. The molecule has 0 aliphatic carbocycles. The molecule has 0 bridgehead atoms. The normalized spacial score (nSPS) is 23.4. The van der Waals surface area contributed by atoms with Crippen LogP contribution < -0.4 is 16.0 Å². The number of rotatable bonds is 3. The van der Waals surface area contributed by atoms with Crippen molar-refractivity contribution in [2.75, 3.05) is 32.7 Å². The third-order valence-corrected chi connectivity index (χ3v) is 5.79. The van der Waals surface area contributed by atoms with Crippen LogP contribution >= 0.6 is 0 Å². The summed E-state index contributed by atoms with van der Waals surface area (Å²) in [7, 11) is 0. The van der Waals surface area contributed by atoms with E-state index in [0.29, 0.717) is 32.6 Å². The van der Waals surface area contributed by atoms with Crippen molar-refractivity contribution in [1.82, 2.24) is 25.8 Å². The molecule has 3 heterocycles. The zero-order chi connectivity index (χ0) is 22.0. The van der Waals surface area contributed by atoms with Crippen LogP contribution in [0.4, 0.5) is 0 Å². The second-order valence-electron chi connectivity index (χ2n) is 7.95. The summed E-state index contributed by atoms with van der Waals surface area (Å²) in [5, 5.41) is 8.32. The van der Waals surface area contributed by atoms with Gasteiger partial charge >= 0.3 is 0 Å². The molecule has 0 aromatic heterocycles. The lowest BCUT2D eigenvalue weighted by molar-refractivity contribution is -0.136. The molecular weight excluding hydrogens is 402 g/mol. The van der Waals surface area contributed by atoms with E-state index in [1.165, 1.54) is 0 Å². The van der Waals surface area contributed by atoms with Crippen LogP contribution in [0.15, 0.2) is 18.2 Å². The minimum atomic E-state index is -0.972. The maximum atomic E-state index is 13.0. The highest BCUT2D eigenvalue weighted by molar-refractivity contribution is 6.23. The number of piperidine rings is 1. The number of benzene rings is 1. The summed E-state index contributed by atoms with van der Waals surface area (Å²) in [6, 6.07) is 4.13. The van der Waals surface area contributed by atoms with Crippen molar-refractivity contribution in [3.8, 4) is 0 Å². The highest BCUT2D eigenvalue weighted by Gasteiger charge is 2.44. The van der Waals surface area contributed by atoms with Gasteiger partial charge in [0.25, 0.3) is 11.8 Å². The summed E-state index contributed by atoms with van der Waals surface area (Å²) < 4.78 is 0. The molecule has 2 fully saturated rings. The van der Waals surface area contributed by atoms with E-state index >= 15 is 0 Å². The van der Waals surface area contributed by atoms with E-state index in [0.717, 1.165) is 23.6 Å². The fourth-order valence-corrected chi connectivity index (χ4v) is 4.15. The second-order valence-corrected chi connectivity index (χ2v) is 7.95. The number of hydrogen-bond donors (Lipinski definition) is 3. The first-order valence-corrected chi connectivity index (χ1v) is 10.5.